The van der Waals surface area contributed by atoms with Gasteiger partial charge in [0.1, 0.15) is 11.5 Å². The SMILES string of the molecule is OCc1cn(-c2ccccc2)nc1-c1ccc(Oc2ccc(Br)cc2)cc1. The van der Waals surface area contributed by atoms with Gasteiger partial charge in [0, 0.05) is 21.8 Å². The Morgan fingerprint density at radius 1 is 0.852 bits per heavy atom. The third-order valence-corrected chi connectivity index (χ3v) is 4.69. The maximum atomic E-state index is 9.73. The molecule has 0 aliphatic rings. The molecule has 0 amide bonds. The highest BCUT2D eigenvalue weighted by Gasteiger charge is 2.12. The molecule has 0 aliphatic carbocycles. The van der Waals surface area contributed by atoms with Crippen LogP contribution in [0.5, 0.6) is 11.5 Å². The van der Waals surface area contributed by atoms with Gasteiger partial charge in [0.05, 0.1) is 18.0 Å². The van der Waals surface area contributed by atoms with E-state index in [1.54, 1.807) is 4.68 Å². The molecular formula is C22H17BrN2O2. The van der Waals surface area contributed by atoms with Crippen LogP contribution < -0.4 is 4.74 Å². The molecule has 1 aromatic heterocycles. The number of ether oxygens (including phenoxy) is 1. The number of aliphatic hydroxyl groups is 1. The van der Waals surface area contributed by atoms with Crippen molar-refractivity contribution in [3.63, 3.8) is 0 Å². The van der Waals surface area contributed by atoms with E-state index in [0.29, 0.717) is 0 Å². The molecule has 1 heterocycles. The first-order valence-electron chi connectivity index (χ1n) is 8.51. The first kappa shape index (κ1) is 17.5. The quantitative estimate of drug-likeness (QED) is 0.457. The number of rotatable bonds is 5. The van der Waals surface area contributed by atoms with E-state index in [1.807, 2.05) is 85.1 Å². The summed E-state index contributed by atoms with van der Waals surface area (Å²) in [7, 11) is 0. The Bertz CT molecular complexity index is 1030. The molecule has 0 spiro atoms. The van der Waals surface area contributed by atoms with E-state index in [1.165, 1.54) is 0 Å². The molecule has 1 N–H and O–H groups in total. The fourth-order valence-electron chi connectivity index (χ4n) is 2.80. The number of nitrogens with zero attached hydrogens (tertiary/aromatic N) is 2. The van der Waals surface area contributed by atoms with Crippen LogP contribution in [-0.2, 0) is 6.61 Å². The zero-order chi connectivity index (χ0) is 18.6. The fourth-order valence-corrected chi connectivity index (χ4v) is 3.07. The molecule has 0 fully saturated rings. The van der Waals surface area contributed by atoms with E-state index < -0.39 is 0 Å². The molecule has 0 aliphatic heterocycles. The molecule has 0 radical (unpaired) electrons. The lowest BCUT2D eigenvalue weighted by Crippen LogP contribution is -1.94. The number of halogens is 1. The largest absolute Gasteiger partial charge is 0.457 e. The van der Waals surface area contributed by atoms with E-state index in [-0.39, 0.29) is 6.61 Å². The molecule has 0 bridgehead atoms. The van der Waals surface area contributed by atoms with Crippen LogP contribution in [0.1, 0.15) is 5.56 Å². The number of aliphatic hydroxyl groups excluding tert-OH is 1. The number of aromatic nitrogens is 2. The first-order valence-corrected chi connectivity index (χ1v) is 9.31. The lowest BCUT2D eigenvalue weighted by atomic mass is 10.1. The standard InChI is InChI=1S/C22H17BrN2O2/c23-18-8-12-21(13-9-18)27-20-10-6-16(7-11-20)22-17(15-26)14-25(24-22)19-4-2-1-3-5-19/h1-14,26H,15H2. The smallest absolute Gasteiger partial charge is 0.127 e. The summed E-state index contributed by atoms with van der Waals surface area (Å²) in [5.41, 5.74) is 3.42. The molecule has 4 rings (SSSR count). The van der Waals surface area contributed by atoms with Crippen LogP contribution in [0.25, 0.3) is 16.9 Å². The van der Waals surface area contributed by atoms with Crippen LogP contribution in [0.15, 0.2) is 89.5 Å². The van der Waals surface area contributed by atoms with Crippen molar-refractivity contribution in [2.45, 2.75) is 6.61 Å². The second-order valence-electron chi connectivity index (χ2n) is 6.02. The van der Waals surface area contributed by atoms with Crippen molar-refractivity contribution in [1.29, 1.82) is 0 Å². The van der Waals surface area contributed by atoms with Gasteiger partial charge < -0.3 is 9.84 Å². The topological polar surface area (TPSA) is 47.3 Å². The number of para-hydroxylation sites is 1. The van der Waals surface area contributed by atoms with Crippen LogP contribution in [0, 0.1) is 0 Å². The Labute approximate surface area is 165 Å². The zero-order valence-electron chi connectivity index (χ0n) is 14.4. The van der Waals surface area contributed by atoms with Crippen molar-refractivity contribution < 1.29 is 9.84 Å². The van der Waals surface area contributed by atoms with Crippen LogP contribution in [0.3, 0.4) is 0 Å². The van der Waals surface area contributed by atoms with Crippen LogP contribution >= 0.6 is 15.9 Å². The molecule has 134 valence electrons. The Balaban J connectivity index is 1.60. The highest BCUT2D eigenvalue weighted by molar-refractivity contribution is 9.10. The van der Waals surface area contributed by atoms with Crippen LogP contribution in [0.4, 0.5) is 0 Å². The molecule has 5 heteroatoms. The van der Waals surface area contributed by atoms with Crippen molar-refractivity contribution in [3.05, 3.63) is 95.1 Å². The summed E-state index contributed by atoms with van der Waals surface area (Å²) in [5, 5.41) is 14.4. The van der Waals surface area contributed by atoms with Gasteiger partial charge in [0.25, 0.3) is 0 Å². The third kappa shape index (κ3) is 3.94. The van der Waals surface area contributed by atoms with Crippen molar-refractivity contribution in [1.82, 2.24) is 9.78 Å². The summed E-state index contributed by atoms with van der Waals surface area (Å²) in [6, 6.07) is 25.2. The first-order chi connectivity index (χ1) is 13.2. The van der Waals surface area contributed by atoms with Gasteiger partial charge in [0.2, 0.25) is 0 Å². The summed E-state index contributed by atoms with van der Waals surface area (Å²) in [4.78, 5) is 0. The molecule has 4 nitrogen and oxygen atoms in total. The summed E-state index contributed by atoms with van der Waals surface area (Å²) in [6.07, 6.45) is 1.86. The molecule has 4 aromatic rings. The van der Waals surface area contributed by atoms with Crippen molar-refractivity contribution in [3.8, 4) is 28.4 Å². The number of hydrogen-bond donors (Lipinski definition) is 1. The van der Waals surface area contributed by atoms with Crippen molar-refractivity contribution in [2.75, 3.05) is 0 Å². The van der Waals surface area contributed by atoms with E-state index in [0.717, 1.165) is 38.5 Å². The Morgan fingerprint density at radius 3 is 2.11 bits per heavy atom. The van der Waals surface area contributed by atoms with Crippen LogP contribution in [0.2, 0.25) is 0 Å². The van der Waals surface area contributed by atoms with Gasteiger partial charge in [-0.2, -0.15) is 5.10 Å². The summed E-state index contributed by atoms with van der Waals surface area (Å²) in [5.74, 6) is 1.52. The number of benzene rings is 3. The van der Waals surface area contributed by atoms with E-state index >= 15 is 0 Å². The lowest BCUT2D eigenvalue weighted by Gasteiger charge is -2.07. The molecule has 0 saturated carbocycles. The minimum absolute atomic E-state index is 0.0701. The van der Waals surface area contributed by atoms with Gasteiger partial charge in [-0.3, -0.25) is 0 Å². The van der Waals surface area contributed by atoms with Crippen molar-refractivity contribution >= 4 is 15.9 Å². The Kier molecular flexibility index (Phi) is 5.05. The fraction of sp³-hybridized carbons (Fsp3) is 0.0455. The molecule has 0 atom stereocenters. The normalized spacial score (nSPS) is 10.7. The summed E-state index contributed by atoms with van der Waals surface area (Å²) >= 11 is 3.41. The third-order valence-electron chi connectivity index (χ3n) is 4.16. The monoisotopic (exact) mass is 420 g/mol. The summed E-state index contributed by atoms with van der Waals surface area (Å²) < 4.78 is 8.65. The Hall–Kier alpha value is -2.89. The highest BCUT2D eigenvalue weighted by atomic mass is 79.9. The maximum Gasteiger partial charge on any atom is 0.127 e. The molecule has 3 aromatic carbocycles. The minimum Gasteiger partial charge on any atom is -0.457 e. The predicted molar refractivity (Wildman–Crippen MR) is 109 cm³/mol. The van der Waals surface area contributed by atoms with E-state index in [9.17, 15) is 5.11 Å². The zero-order valence-corrected chi connectivity index (χ0v) is 16.0. The van der Waals surface area contributed by atoms with Gasteiger partial charge in [-0.25, -0.2) is 4.68 Å². The molecular weight excluding hydrogens is 404 g/mol. The van der Waals surface area contributed by atoms with Gasteiger partial charge in [-0.1, -0.05) is 34.1 Å². The highest BCUT2D eigenvalue weighted by Crippen LogP contribution is 2.28. The average molecular weight is 421 g/mol. The van der Waals surface area contributed by atoms with Gasteiger partial charge in [-0.15, -0.1) is 0 Å². The van der Waals surface area contributed by atoms with Gasteiger partial charge >= 0.3 is 0 Å². The molecule has 0 unspecified atom stereocenters. The summed E-state index contributed by atoms with van der Waals surface area (Å²) in [6.45, 7) is -0.0701. The second kappa shape index (κ2) is 7.78. The van der Waals surface area contributed by atoms with Crippen molar-refractivity contribution in [2.24, 2.45) is 0 Å². The predicted octanol–water partition coefficient (Wildman–Crippen LogP) is 5.59. The van der Waals surface area contributed by atoms with Gasteiger partial charge in [0.15, 0.2) is 0 Å². The maximum absolute atomic E-state index is 9.73. The van der Waals surface area contributed by atoms with Gasteiger partial charge in [-0.05, 0) is 60.7 Å². The Morgan fingerprint density at radius 2 is 1.48 bits per heavy atom. The van der Waals surface area contributed by atoms with E-state index in [4.69, 9.17) is 4.74 Å². The number of hydrogen-bond acceptors (Lipinski definition) is 3. The lowest BCUT2D eigenvalue weighted by molar-refractivity contribution is 0.282. The molecule has 0 saturated heterocycles. The minimum atomic E-state index is -0.0701. The average Bonchev–Trinajstić information content (AvgIpc) is 3.15. The van der Waals surface area contributed by atoms with E-state index in [2.05, 4.69) is 21.0 Å². The second-order valence-corrected chi connectivity index (χ2v) is 6.94. The van der Waals surface area contributed by atoms with Crippen LogP contribution in [-0.4, -0.2) is 14.9 Å². The molecule has 27 heavy (non-hydrogen) atoms.